The van der Waals surface area contributed by atoms with Crippen LogP contribution in [0.5, 0.6) is 0 Å². The Bertz CT molecular complexity index is 351. The third kappa shape index (κ3) is 3.33. The van der Waals surface area contributed by atoms with Crippen LogP contribution in [0.15, 0.2) is 0 Å². The molecule has 0 aromatic heterocycles. The fraction of sp³-hybridized carbons (Fsp3) is 0.833. The lowest BCUT2D eigenvalue weighted by Gasteiger charge is -2.35. The summed E-state index contributed by atoms with van der Waals surface area (Å²) in [4.78, 5) is 26.7. The van der Waals surface area contributed by atoms with E-state index in [0.717, 1.165) is 12.8 Å². The molecule has 2 saturated heterocycles. The van der Waals surface area contributed by atoms with Crippen molar-refractivity contribution in [2.45, 2.75) is 31.9 Å². The fourth-order valence-corrected chi connectivity index (χ4v) is 3.64. The van der Waals surface area contributed by atoms with E-state index >= 15 is 0 Å². The lowest BCUT2D eigenvalue weighted by atomic mass is 10.1. The first-order valence-corrected chi connectivity index (χ1v) is 7.76. The largest absolute Gasteiger partial charge is 0.480 e. The van der Waals surface area contributed by atoms with Gasteiger partial charge in [0.15, 0.2) is 0 Å². The van der Waals surface area contributed by atoms with Crippen molar-refractivity contribution in [1.29, 1.82) is 0 Å². The molecule has 6 nitrogen and oxygen atoms in total. The van der Waals surface area contributed by atoms with Crippen molar-refractivity contribution in [1.82, 2.24) is 9.80 Å². The highest BCUT2D eigenvalue weighted by Gasteiger charge is 2.37. The third-order valence-corrected chi connectivity index (χ3v) is 4.48. The van der Waals surface area contributed by atoms with Crippen molar-refractivity contribution >= 4 is 23.8 Å². The predicted molar refractivity (Wildman–Crippen MR) is 72.2 cm³/mol. The predicted octanol–water partition coefficient (Wildman–Crippen LogP) is 1.07. The van der Waals surface area contributed by atoms with Crippen molar-refractivity contribution in [3.63, 3.8) is 0 Å². The molecular weight excluding hydrogens is 268 g/mol. The van der Waals surface area contributed by atoms with Crippen molar-refractivity contribution in [3.05, 3.63) is 0 Å². The second-order valence-electron chi connectivity index (χ2n) is 4.77. The van der Waals surface area contributed by atoms with Crippen LogP contribution < -0.4 is 0 Å². The number of carbonyl (C=O) groups is 2. The summed E-state index contributed by atoms with van der Waals surface area (Å²) >= 11 is 1.49. The average molecular weight is 288 g/mol. The Balaban J connectivity index is 1.96. The summed E-state index contributed by atoms with van der Waals surface area (Å²) in [6, 6.07) is -0.855. The summed E-state index contributed by atoms with van der Waals surface area (Å²) in [5, 5.41) is 9.12. The van der Waals surface area contributed by atoms with Crippen LogP contribution in [0.4, 0.5) is 4.79 Å². The van der Waals surface area contributed by atoms with E-state index in [9.17, 15) is 9.59 Å². The lowest BCUT2D eigenvalue weighted by molar-refractivity contribution is -0.141. The van der Waals surface area contributed by atoms with E-state index in [1.54, 1.807) is 4.90 Å². The molecule has 0 saturated carbocycles. The highest BCUT2D eigenvalue weighted by atomic mass is 32.2. The molecule has 0 aromatic rings. The van der Waals surface area contributed by atoms with E-state index in [1.165, 1.54) is 16.7 Å². The first kappa shape index (κ1) is 14.5. The molecule has 2 atom stereocenters. The number of hydrogen-bond donors (Lipinski definition) is 1. The first-order valence-electron chi connectivity index (χ1n) is 6.61. The number of carboxylic acids is 1. The van der Waals surface area contributed by atoms with Crippen LogP contribution in [-0.4, -0.2) is 70.4 Å². The van der Waals surface area contributed by atoms with Crippen molar-refractivity contribution in [2.24, 2.45) is 0 Å². The summed E-state index contributed by atoms with van der Waals surface area (Å²) in [5.41, 5.74) is 0. The van der Waals surface area contributed by atoms with Gasteiger partial charge in [0.05, 0.1) is 12.0 Å². The average Bonchev–Trinajstić information content (AvgIpc) is 2.88. The molecule has 0 bridgehead atoms. The molecule has 1 N–H and O–H groups in total. The van der Waals surface area contributed by atoms with Gasteiger partial charge in [-0.15, -0.1) is 11.8 Å². The first-order chi connectivity index (χ1) is 9.13. The standard InChI is InChI=1S/C12H20N2O4S/c1-2-18-9-4-3-5-13(6-9)12(17)14-8-19-7-10(14)11(15)16/h9-10H,2-8H2,1H3,(H,15,16). The van der Waals surface area contributed by atoms with Crippen molar-refractivity contribution in [2.75, 3.05) is 31.3 Å². The number of carboxylic acid groups (broad SMARTS) is 1. The van der Waals surface area contributed by atoms with Gasteiger partial charge in [-0.1, -0.05) is 0 Å². The lowest BCUT2D eigenvalue weighted by Crippen LogP contribution is -2.52. The van der Waals surface area contributed by atoms with Gasteiger partial charge in [-0.3, -0.25) is 0 Å². The Labute approximate surface area is 117 Å². The van der Waals surface area contributed by atoms with E-state index in [2.05, 4.69) is 0 Å². The SMILES string of the molecule is CCOC1CCCN(C(=O)N2CSCC2C(=O)O)C1. The van der Waals surface area contributed by atoms with Gasteiger partial charge < -0.3 is 19.6 Å². The zero-order chi connectivity index (χ0) is 13.8. The quantitative estimate of drug-likeness (QED) is 0.841. The van der Waals surface area contributed by atoms with Gasteiger partial charge in [0.2, 0.25) is 0 Å². The van der Waals surface area contributed by atoms with Crippen LogP contribution >= 0.6 is 11.8 Å². The minimum atomic E-state index is -0.920. The van der Waals surface area contributed by atoms with E-state index in [0.29, 0.717) is 31.3 Å². The Morgan fingerprint density at radius 3 is 2.95 bits per heavy atom. The van der Waals surface area contributed by atoms with Gasteiger partial charge in [0.25, 0.3) is 0 Å². The number of amides is 2. The van der Waals surface area contributed by atoms with Gasteiger partial charge in [0, 0.05) is 25.4 Å². The number of ether oxygens (including phenoxy) is 1. The Kier molecular flexibility index (Phi) is 4.93. The normalized spacial score (nSPS) is 27.6. The van der Waals surface area contributed by atoms with Gasteiger partial charge in [-0.05, 0) is 19.8 Å². The van der Waals surface area contributed by atoms with E-state index in [4.69, 9.17) is 9.84 Å². The molecular formula is C12H20N2O4S. The topological polar surface area (TPSA) is 70.1 Å². The number of piperidine rings is 1. The number of likely N-dealkylation sites (tertiary alicyclic amines) is 1. The number of aliphatic carboxylic acids is 1. The number of thioether (sulfide) groups is 1. The number of carbonyl (C=O) groups excluding carboxylic acids is 1. The summed E-state index contributed by atoms with van der Waals surface area (Å²) in [5.74, 6) is 0.0202. The molecule has 2 rings (SSSR count). The minimum Gasteiger partial charge on any atom is -0.480 e. The van der Waals surface area contributed by atoms with Crippen LogP contribution in [0.3, 0.4) is 0 Å². The minimum absolute atomic E-state index is 0.0845. The molecule has 2 aliphatic rings. The van der Waals surface area contributed by atoms with E-state index < -0.39 is 12.0 Å². The Hall–Kier alpha value is -0.950. The summed E-state index contributed by atoms with van der Waals surface area (Å²) in [7, 11) is 0. The molecule has 7 heteroatoms. The summed E-state index contributed by atoms with van der Waals surface area (Å²) < 4.78 is 5.57. The maximum atomic E-state index is 12.4. The molecule has 2 heterocycles. The third-order valence-electron chi connectivity index (χ3n) is 3.46. The van der Waals surface area contributed by atoms with E-state index in [-0.39, 0.29) is 12.1 Å². The summed E-state index contributed by atoms with van der Waals surface area (Å²) in [6.45, 7) is 3.85. The fourth-order valence-electron chi connectivity index (χ4n) is 2.50. The molecule has 19 heavy (non-hydrogen) atoms. The van der Waals surface area contributed by atoms with Gasteiger partial charge in [0.1, 0.15) is 6.04 Å². The number of nitrogens with zero attached hydrogens (tertiary/aromatic N) is 2. The maximum Gasteiger partial charge on any atom is 0.327 e. The smallest absolute Gasteiger partial charge is 0.327 e. The molecule has 2 amide bonds. The second-order valence-corrected chi connectivity index (χ2v) is 5.77. The number of urea groups is 1. The molecule has 2 unspecified atom stereocenters. The monoisotopic (exact) mass is 288 g/mol. The zero-order valence-corrected chi connectivity index (χ0v) is 11.9. The summed E-state index contributed by atoms with van der Waals surface area (Å²) in [6.07, 6.45) is 1.96. The number of hydrogen-bond acceptors (Lipinski definition) is 4. The van der Waals surface area contributed by atoms with Crippen LogP contribution in [-0.2, 0) is 9.53 Å². The molecule has 108 valence electrons. The van der Waals surface area contributed by atoms with Crippen molar-refractivity contribution in [3.8, 4) is 0 Å². The second kappa shape index (κ2) is 6.47. The van der Waals surface area contributed by atoms with Crippen LogP contribution in [0.1, 0.15) is 19.8 Å². The van der Waals surface area contributed by atoms with Gasteiger partial charge in [-0.2, -0.15) is 0 Å². The zero-order valence-electron chi connectivity index (χ0n) is 11.1. The molecule has 2 fully saturated rings. The highest BCUT2D eigenvalue weighted by Crippen LogP contribution is 2.24. The molecule has 0 aliphatic carbocycles. The molecule has 0 spiro atoms. The molecule has 2 aliphatic heterocycles. The maximum absolute atomic E-state index is 12.4. The van der Waals surface area contributed by atoms with Crippen molar-refractivity contribution < 1.29 is 19.4 Å². The number of rotatable bonds is 3. The Morgan fingerprint density at radius 1 is 1.47 bits per heavy atom. The van der Waals surface area contributed by atoms with Gasteiger partial charge >= 0.3 is 12.0 Å². The van der Waals surface area contributed by atoms with Gasteiger partial charge in [-0.25, -0.2) is 9.59 Å². The van der Waals surface area contributed by atoms with Crippen LogP contribution in [0.25, 0.3) is 0 Å². The Morgan fingerprint density at radius 2 is 2.26 bits per heavy atom. The van der Waals surface area contributed by atoms with Crippen LogP contribution in [0.2, 0.25) is 0 Å². The molecule has 0 radical (unpaired) electrons. The molecule has 0 aromatic carbocycles. The van der Waals surface area contributed by atoms with Crippen LogP contribution in [0, 0.1) is 0 Å². The van der Waals surface area contributed by atoms with E-state index in [1.807, 2.05) is 6.92 Å². The highest BCUT2D eigenvalue weighted by molar-refractivity contribution is 7.99.